The van der Waals surface area contributed by atoms with Gasteiger partial charge in [0.15, 0.2) is 6.10 Å². The molecule has 6 nitrogen and oxygen atoms in total. The first-order chi connectivity index (χ1) is 30.5. The van der Waals surface area contributed by atoms with Crippen molar-refractivity contribution < 1.29 is 28.6 Å². The average Bonchev–Trinajstić information content (AvgIpc) is 3.27. The van der Waals surface area contributed by atoms with E-state index in [1.165, 1.54) is 225 Å². The molecule has 0 spiro atoms. The molecule has 368 valence electrons. The topological polar surface area (TPSA) is 78.9 Å². The molecule has 0 aromatic carbocycles. The van der Waals surface area contributed by atoms with Gasteiger partial charge in [-0.1, -0.05) is 284 Å². The van der Waals surface area contributed by atoms with E-state index in [4.69, 9.17) is 14.2 Å². The van der Waals surface area contributed by atoms with Gasteiger partial charge in [0.05, 0.1) is 0 Å². The molecule has 0 amide bonds. The molecule has 62 heavy (non-hydrogen) atoms. The lowest BCUT2D eigenvalue weighted by Crippen LogP contribution is -2.30. The summed E-state index contributed by atoms with van der Waals surface area (Å²) in [5.41, 5.74) is 0. The van der Waals surface area contributed by atoms with Crippen LogP contribution >= 0.6 is 0 Å². The minimum Gasteiger partial charge on any atom is -0.462 e. The molecule has 0 aromatic rings. The third-order valence-electron chi connectivity index (χ3n) is 12.9. The van der Waals surface area contributed by atoms with E-state index in [0.29, 0.717) is 19.3 Å². The molecule has 0 saturated heterocycles. The molecule has 0 fully saturated rings. The molecule has 0 rings (SSSR count). The van der Waals surface area contributed by atoms with E-state index in [1.54, 1.807) is 0 Å². The molecular formula is C56H108O6. The summed E-state index contributed by atoms with van der Waals surface area (Å²) in [6.07, 6.45) is 57.4. The Morgan fingerprint density at radius 3 is 0.645 bits per heavy atom. The van der Waals surface area contributed by atoms with Crippen LogP contribution in [0.1, 0.15) is 323 Å². The number of hydrogen-bond donors (Lipinski definition) is 0. The highest BCUT2D eigenvalue weighted by atomic mass is 16.6. The van der Waals surface area contributed by atoms with Crippen LogP contribution in [0.25, 0.3) is 0 Å². The molecule has 0 saturated carbocycles. The van der Waals surface area contributed by atoms with Crippen molar-refractivity contribution in [1.82, 2.24) is 0 Å². The fourth-order valence-electron chi connectivity index (χ4n) is 8.62. The van der Waals surface area contributed by atoms with Crippen molar-refractivity contribution in [2.45, 2.75) is 329 Å². The minimum atomic E-state index is -0.757. The van der Waals surface area contributed by atoms with E-state index in [-0.39, 0.29) is 31.1 Å². The first kappa shape index (κ1) is 60.4. The van der Waals surface area contributed by atoms with Gasteiger partial charge in [-0.3, -0.25) is 14.4 Å². The zero-order valence-electron chi connectivity index (χ0n) is 42.2. The normalized spacial score (nSPS) is 11.9. The summed E-state index contributed by atoms with van der Waals surface area (Å²) in [5, 5.41) is 0. The van der Waals surface area contributed by atoms with Gasteiger partial charge >= 0.3 is 17.9 Å². The Morgan fingerprint density at radius 1 is 0.258 bits per heavy atom. The van der Waals surface area contributed by atoms with Gasteiger partial charge in [0.2, 0.25) is 0 Å². The van der Waals surface area contributed by atoms with Crippen LogP contribution < -0.4 is 0 Å². The van der Waals surface area contributed by atoms with E-state index < -0.39 is 6.10 Å². The maximum atomic E-state index is 12.6. The Kier molecular flexibility index (Phi) is 50.7. The van der Waals surface area contributed by atoms with E-state index >= 15 is 0 Å². The highest BCUT2D eigenvalue weighted by molar-refractivity contribution is 5.71. The Morgan fingerprint density at radius 2 is 0.435 bits per heavy atom. The molecule has 0 aromatic heterocycles. The van der Waals surface area contributed by atoms with Crippen molar-refractivity contribution in [2.24, 2.45) is 0 Å². The second kappa shape index (κ2) is 52.0. The lowest BCUT2D eigenvalue weighted by atomic mass is 10.0. The van der Waals surface area contributed by atoms with Gasteiger partial charge in [0.25, 0.3) is 0 Å². The standard InChI is InChI=1S/C56H108O6/c1-4-7-10-13-16-17-18-19-20-21-22-23-24-25-26-27-28-29-30-31-32-33-34-35-36-37-38-41-43-46-49-55(58)61-52-53(62-56(59)50-47-44-40-15-12-9-6-3)51-60-54(57)48-45-42-39-14-11-8-5-2/h53H,4-52H2,1-3H3. The van der Waals surface area contributed by atoms with E-state index in [1.807, 2.05) is 0 Å². The highest BCUT2D eigenvalue weighted by Gasteiger charge is 2.19. The summed E-state index contributed by atoms with van der Waals surface area (Å²) in [4.78, 5) is 37.6. The van der Waals surface area contributed by atoms with Gasteiger partial charge in [-0.05, 0) is 19.3 Å². The van der Waals surface area contributed by atoms with Crippen LogP contribution in [0.3, 0.4) is 0 Å². The average molecular weight is 877 g/mol. The van der Waals surface area contributed by atoms with Gasteiger partial charge < -0.3 is 14.2 Å². The van der Waals surface area contributed by atoms with Crippen LogP contribution in [0.5, 0.6) is 0 Å². The monoisotopic (exact) mass is 877 g/mol. The Hall–Kier alpha value is -1.59. The van der Waals surface area contributed by atoms with Crippen molar-refractivity contribution in [1.29, 1.82) is 0 Å². The zero-order chi connectivity index (χ0) is 45.1. The molecular weight excluding hydrogens is 769 g/mol. The molecule has 1 unspecified atom stereocenters. The molecule has 0 aliphatic rings. The molecule has 1 atom stereocenters. The summed E-state index contributed by atoms with van der Waals surface area (Å²) in [6.45, 7) is 6.59. The van der Waals surface area contributed by atoms with Crippen LogP contribution in [0.4, 0.5) is 0 Å². The second-order valence-corrected chi connectivity index (χ2v) is 19.2. The lowest BCUT2D eigenvalue weighted by molar-refractivity contribution is -0.167. The highest BCUT2D eigenvalue weighted by Crippen LogP contribution is 2.18. The molecule has 0 bridgehead atoms. The number of hydrogen-bond acceptors (Lipinski definition) is 6. The summed E-state index contributed by atoms with van der Waals surface area (Å²) >= 11 is 0. The number of carbonyl (C=O) groups excluding carboxylic acids is 3. The molecule has 6 heteroatoms. The number of unbranched alkanes of at least 4 members (excludes halogenated alkanes) is 41. The Bertz CT molecular complexity index is 920. The van der Waals surface area contributed by atoms with Gasteiger partial charge in [-0.15, -0.1) is 0 Å². The summed E-state index contributed by atoms with van der Waals surface area (Å²) < 4.78 is 16.7. The fourth-order valence-corrected chi connectivity index (χ4v) is 8.62. The second-order valence-electron chi connectivity index (χ2n) is 19.2. The van der Waals surface area contributed by atoms with Crippen molar-refractivity contribution in [3.63, 3.8) is 0 Å². The fraction of sp³-hybridized carbons (Fsp3) is 0.946. The van der Waals surface area contributed by atoms with E-state index in [9.17, 15) is 14.4 Å². The first-order valence-corrected chi connectivity index (χ1v) is 28.0. The van der Waals surface area contributed by atoms with Crippen LogP contribution in [-0.4, -0.2) is 37.2 Å². The minimum absolute atomic E-state index is 0.0636. The van der Waals surface area contributed by atoms with Crippen LogP contribution in [0, 0.1) is 0 Å². The van der Waals surface area contributed by atoms with Crippen molar-refractivity contribution in [2.75, 3.05) is 13.2 Å². The van der Waals surface area contributed by atoms with Gasteiger partial charge in [-0.2, -0.15) is 0 Å². The summed E-state index contributed by atoms with van der Waals surface area (Å²) in [6, 6.07) is 0. The largest absolute Gasteiger partial charge is 0.462 e. The first-order valence-electron chi connectivity index (χ1n) is 28.0. The third kappa shape index (κ3) is 49.4. The van der Waals surface area contributed by atoms with Gasteiger partial charge in [-0.25, -0.2) is 0 Å². The summed E-state index contributed by atoms with van der Waals surface area (Å²) in [7, 11) is 0. The molecule has 0 radical (unpaired) electrons. The quantitative estimate of drug-likeness (QED) is 0.0344. The predicted molar refractivity (Wildman–Crippen MR) is 266 cm³/mol. The van der Waals surface area contributed by atoms with E-state index in [0.717, 1.165) is 57.8 Å². The molecule has 0 heterocycles. The molecule has 0 N–H and O–H groups in total. The number of esters is 3. The van der Waals surface area contributed by atoms with Crippen molar-refractivity contribution in [3.8, 4) is 0 Å². The number of carbonyl (C=O) groups is 3. The lowest BCUT2D eigenvalue weighted by Gasteiger charge is -2.18. The Balaban J connectivity index is 3.81. The zero-order valence-corrected chi connectivity index (χ0v) is 42.2. The van der Waals surface area contributed by atoms with Crippen molar-refractivity contribution >= 4 is 17.9 Å². The van der Waals surface area contributed by atoms with Crippen LogP contribution in [0.2, 0.25) is 0 Å². The number of ether oxygens (including phenoxy) is 3. The Labute approximate surface area is 387 Å². The van der Waals surface area contributed by atoms with Gasteiger partial charge in [0.1, 0.15) is 13.2 Å². The van der Waals surface area contributed by atoms with Crippen molar-refractivity contribution in [3.05, 3.63) is 0 Å². The smallest absolute Gasteiger partial charge is 0.306 e. The maximum absolute atomic E-state index is 12.6. The van der Waals surface area contributed by atoms with Gasteiger partial charge in [0, 0.05) is 19.3 Å². The van der Waals surface area contributed by atoms with Crippen LogP contribution in [0.15, 0.2) is 0 Å². The van der Waals surface area contributed by atoms with E-state index in [2.05, 4.69) is 20.8 Å². The van der Waals surface area contributed by atoms with Crippen LogP contribution in [-0.2, 0) is 28.6 Å². The third-order valence-corrected chi connectivity index (χ3v) is 12.9. The molecule has 0 aliphatic heterocycles. The summed E-state index contributed by atoms with van der Waals surface area (Å²) in [5.74, 6) is -0.860. The number of rotatable bonds is 52. The SMILES string of the molecule is CCCCCCCCCCCCCCCCCCCCCCCCCCCCCCCCC(=O)OCC(COC(=O)CCCCCCCCC)OC(=O)CCCCCCCCC. The maximum Gasteiger partial charge on any atom is 0.306 e. The predicted octanol–water partition coefficient (Wildman–Crippen LogP) is 18.4. The molecule has 0 aliphatic carbocycles.